The van der Waals surface area contributed by atoms with E-state index in [1.807, 2.05) is 6.07 Å². The summed E-state index contributed by atoms with van der Waals surface area (Å²) in [4.78, 5) is 18.0. The maximum absolute atomic E-state index is 10.9. The first-order valence-electron chi connectivity index (χ1n) is 6.54. The second-order valence-electron chi connectivity index (χ2n) is 5.13. The van der Waals surface area contributed by atoms with Crippen molar-refractivity contribution in [2.24, 2.45) is 10.7 Å². The topological polar surface area (TPSA) is 58.7 Å². The van der Waals surface area contributed by atoms with E-state index >= 15 is 0 Å². The standard InChI is InChI=1S/C14H16BrN3O/c15-10-1-4-12-9(7-10)8-18-11(2-5-13(16)19)3-6-14(18)17-12/h1,4,7,11H,2-3,5-6,8H2,(H2,16,19)/t11-/m1/s1. The summed E-state index contributed by atoms with van der Waals surface area (Å²) in [5.41, 5.74) is 7.56. The van der Waals surface area contributed by atoms with Gasteiger partial charge in [-0.2, -0.15) is 0 Å². The van der Waals surface area contributed by atoms with Gasteiger partial charge in [0.15, 0.2) is 0 Å². The molecule has 100 valence electrons. The minimum atomic E-state index is -0.217. The molecule has 0 aromatic heterocycles. The van der Waals surface area contributed by atoms with E-state index in [1.54, 1.807) is 0 Å². The van der Waals surface area contributed by atoms with Crippen molar-refractivity contribution in [3.05, 3.63) is 28.2 Å². The van der Waals surface area contributed by atoms with Gasteiger partial charge in [0, 0.05) is 29.9 Å². The zero-order chi connectivity index (χ0) is 13.4. The molecule has 1 fully saturated rings. The minimum absolute atomic E-state index is 0.217. The summed E-state index contributed by atoms with van der Waals surface area (Å²) in [5.74, 6) is 0.940. The molecule has 0 bridgehead atoms. The number of carbonyl (C=O) groups excluding carboxylic acids is 1. The third kappa shape index (κ3) is 2.52. The van der Waals surface area contributed by atoms with Crippen LogP contribution in [-0.4, -0.2) is 22.7 Å². The Morgan fingerprint density at radius 2 is 2.37 bits per heavy atom. The number of rotatable bonds is 3. The van der Waals surface area contributed by atoms with E-state index in [4.69, 9.17) is 10.7 Å². The maximum atomic E-state index is 10.9. The number of hydrogen-bond acceptors (Lipinski definition) is 3. The van der Waals surface area contributed by atoms with Gasteiger partial charge in [-0.25, -0.2) is 4.99 Å². The van der Waals surface area contributed by atoms with Crippen LogP contribution in [0.3, 0.4) is 0 Å². The summed E-state index contributed by atoms with van der Waals surface area (Å²) < 4.78 is 1.08. The van der Waals surface area contributed by atoms with Crippen LogP contribution in [0.25, 0.3) is 0 Å². The number of hydrogen-bond donors (Lipinski definition) is 1. The lowest BCUT2D eigenvalue weighted by atomic mass is 10.1. The zero-order valence-electron chi connectivity index (χ0n) is 10.6. The molecule has 1 aromatic carbocycles. The molecule has 3 rings (SSSR count). The van der Waals surface area contributed by atoms with Gasteiger partial charge in [-0.15, -0.1) is 0 Å². The van der Waals surface area contributed by atoms with Gasteiger partial charge >= 0.3 is 0 Å². The number of halogens is 1. The molecule has 2 N–H and O–H groups in total. The number of aliphatic imine (C=N–C) groups is 1. The number of benzene rings is 1. The molecule has 0 radical (unpaired) electrons. The molecule has 1 amide bonds. The van der Waals surface area contributed by atoms with Crippen LogP contribution in [0.1, 0.15) is 31.2 Å². The molecule has 0 unspecified atom stereocenters. The van der Waals surface area contributed by atoms with Gasteiger partial charge in [-0.1, -0.05) is 15.9 Å². The lowest BCUT2D eigenvalue weighted by Gasteiger charge is -2.30. The Balaban J connectivity index is 1.81. The molecule has 0 saturated carbocycles. The number of amidine groups is 1. The van der Waals surface area contributed by atoms with Gasteiger partial charge in [0.1, 0.15) is 5.84 Å². The smallest absolute Gasteiger partial charge is 0.217 e. The lowest BCUT2D eigenvalue weighted by molar-refractivity contribution is -0.118. The predicted molar refractivity (Wildman–Crippen MR) is 78.2 cm³/mol. The summed E-state index contributed by atoms with van der Waals surface area (Å²) in [6, 6.07) is 6.61. The summed E-state index contributed by atoms with van der Waals surface area (Å²) in [5, 5.41) is 0. The molecule has 4 nitrogen and oxygen atoms in total. The molecule has 1 aromatic rings. The van der Waals surface area contributed by atoms with Gasteiger partial charge < -0.3 is 10.6 Å². The minimum Gasteiger partial charge on any atom is -0.370 e. The van der Waals surface area contributed by atoms with E-state index < -0.39 is 0 Å². The van der Waals surface area contributed by atoms with Gasteiger partial charge in [-0.05, 0) is 36.6 Å². The Morgan fingerprint density at radius 1 is 1.53 bits per heavy atom. The van der Waals surface area contributed by atoms with Crippen LogP contribution < -0.4 is 5.73 Å². The molecule has 2 heterocycles. The van der Waals surface area contributed by atoms with Crippen LogP contribution in [0.4, 0.5) is 5.69 Å². The van der Waals surface area contributed by atoms with Crippen molar-refractivity contribution in [1.82, 2.24) is 4.90 Å². The van der Waals surface area contributed by atoms with Crippen LogP contribution in [0.2, 0.25) is 0 Å². The molecule has 0 spiro atoms. The monoisotopic (exact) mass is 321 g/mol. The molecule has 0 aliphatic carbocycles. The fraction of sp³-hybridized carbons (Fsp3) is 0.429. The third-order valence-corrected chi connectivity index (χ3v) is 4.32. The van der Waals surface area contributed by atoms with E-state index in [2.05, 4.69) is 33.0 Å². The normalized spacial score (nSPS) is 20.8. The Morgan fingerprint density at radius 3 is 3.16 bits per heavy atom. The van der Waals surface area contributed by atoms with E-state index in [0.29, 0.717) is 12.5 Å². The largest absolute Gasteiger partial charge is 0.370 e. The SMILES string of the molecule is NC(=O)CC[C@@H]1CCC2=Nc3ccc(Br)cc3CN21. The Kier molecular flexibility index (Phi) is 3.31. The number of fused-ring (bicyclic) bond motifs is 2. The van der Waals surface area contributed by atoms with Crippen molar-refractivity contribution >= 4 is 33.4 Å². The maximum Gasteiger partial charge on any atom is 0.217 e. The average molecular weight is 322 g/mol. The summed E-state index contributed by atoms with van der Waals surface area (Å²) in [7, 11) is 0. The third-order valence-electron chi connectivity index (χ3n) is 3.83. The van der Waals surface area contributed by atoms with Crippen LogP contribution >= 0.6 is 15.9 Å². The van der Waals surface area contributed by atoms with Crippen LogP contribution in [-0.2, 0) is 11.3 Å². The zero-order valence-corrected chi connectivity index (χ0v) is 12.2. The first-order chi connectivity index (χ1) is 9.13. The van der Waals surface area contributed by atoms with Crippen molar-refractivity contribution in [2.45, 2.75) is 38.3 Å². The summed E-state index contributed by atoms with van der Waals surface area (Å²) in [6.45, 7) is 0.886. The van der Waals surface area contributed by atoms with E-state index in [9.17, 15) is 4.79 Å². The lowest BCUT2D eigenvalue weighted by Crippen LogP contribution is -2.35. The van der Waals surface area contributed by atoms with Gasteiger partial charge in [0.2, 0.25) is 5.91 Å². The van der Waals surface area contributed by atoms with Gasteiger partial charge in [0.25, 0.3) is 0 Å². The fourth-order valence-electron chi connectivity index (χ4n) is 2.87. The number of nitrogens with two attached hydrogens (primary N) is 1. The molecular formula is C14H16BrN3O. The highest BCUT2D eigenvalue weighted by Gasteiger charge is 2.32. The van der Waals surface area contributed by atoms with Gasteiger partial charge in [0.05, 0.1) is 5.69 Å². The highest BCUT2D eigenvalue weighted by atomic mass is 79.9. The molecular weight excluding hydrogens is 306 g/mol. The Labute approximate surface area is 120 Å². The Hall–Kier alpha value is -1.36. The molecule has 1 saturated heterocycles. The number of primary amides is 1. The quantitative estimate of drug-likeness (QED) is 0.930. The van der Waals surface area contributed by atoms with Gasteiger partial charge in [-0.3, -0.25) is 4.79 Å². The number of amides is 1. The van der Waals surface area contributed by atoms with E-state index in [-0.39, 0.29) is 5.91 Å². The average Bonchev–Trinajstić information content (AvgIpc) is 2.76. The van der Waals surface area contributed by atoms with Crippen molar-refractivity contribution in [3.63, 3.8) is 0 Å². The van der Waals surface area contributed by atoms with Crippen molar-refractivity contribution in [2.75, 3.05) is 0 Å². The van der Waals surface area contributed by atoms with E-state index in [1.165, 1.54) is 5.56 Å². The van der Waals surface area contributed by atoms with Crippen LogP contribution in [0, 0.1) is 0 Å². The van der Waals surface area contributed by atoms with Crippen LogP contribution in [0.5, 0.6) is 0 Å². The van der Waals surface area contributed by atoms with Crippen LogP contribution in [0.15, 0.2) is 27.7 Å². The highest BCUT2D eigenvalue weighted by molar-refractivity contribution is 9.10. The van der Waals surface area contributed by atoms with E-state index in [0.717, 1.165) is 41.8 Å². The highest BCUT2D eigenvalue weighted by Crippen LogP contribution is 2.35. The first kappa shape index (κ1) is 12.7. The summed E-state index contributed by atoms with van der Waals surface area (Å²) >= 11 is 3.50. The number of nitrogens with zero attached hydrogens (tertiary/aromatic N) is 2. The first-order valence-corrected chi connectivity index (χ1v) is 7.34. The second kappa shape index (κ2) is 4.96. The van der Waals surface area contributed by atoms with Crippen molar-refractivity contribution in [1.29, 1.82) is 0 Å². The molecule has 19 heavy (non-hydrogen) atoms. The number of carbonyl (C=O) groups is 1. The van der Waals surface area contributed by atoms with Crippen molar-refractivity contribution in [3.8, 4) is 0 Å². The predicted octanol–water partition coefficient (Wildman–Crippen LogP) is 2.72. The molecule has 2 aliphatic heterocycles. The summed E-state index contributed by atoms with van der Waals surface area (Å²) in [6.07, 6.45) is 3.36. The second-order valence-corrected chi connectivity index (χ2v) is 6.04. The fourth-order valence-corrected chi connectivity index (χ4v) is 3.28. The Bertz CT molecular complexity index is 556. The molecule has 1 atom stereocenters. The molecule has 5 heteroatoms. The van der Waals surface area contributed by atoms with Crippen molar-refractivity contribution < 1.29 is 4.79 Å². The molecule has 2 aliphatic rings.